The van der Waals surface area contributed by atoms with Gasteiger partial charge in [-0.15, -0.1) is 13.2 Å². The second kappa shape index (κ2) is 6.54. The van der Waals surface area contributed by atoms with E-state index in [1.54, 1.807) is 12.1 Å². The molecule has 128 valence electrons. The van der Waals surface area contributed by atoms with Crippen molar-refractivity contribution in [1.29, 1.82) is 0 Å². The fourth-order valence-corrected chi connectivity index (χ4v) is 2.60. The monoisotopic (exact) mass is 341 g/mol. The van der Waals surface area contributed by atoms with Crippen LogP contribution in [0.3, 0.4) is 0 Å². The Morgan fingerprint density at radius 2 is 1.50 bits per heavy atom. The van der Waals surface area contributed by atoms with Crippen molar-refractivity contribution in [3.63, 3.8) is 0 Å². The molecule has 1 saturated heterocycles. The number of hydrogen-bond acceptors (Lipinski definition) is 4. The third-order valence-corrected chi connectivity index (χ3v) is 3.75. The van der Waals surface area contributed by atoms with E-state index in [0.29, 0.717) is 32.0 Å². The molecule has 0 amide bonds. The van der Waals surface area contributed by atoms with E-state index in [1.165, 1.54) is 24.3 Å². The summed E-state index contributed by atoms with van der Waals surface area (Å²) >= 11 is 0. The number of hydrogen-bond donors (Lipinski definition) is 0. The normalized spacial score (nSPS) is 15.5. The van der Waals surface area contributed by atoms with Gasteiger partial charge in [-0.1, -0.05) is 0 Å². The Morgan fingerprint density at radius 3 is 2.04 bits per heavy atom. The van der Waals surface area contributed by atoms with Crippen LogP contribution in [-0.2, 0) is 0 Å². The van der Waals surface area contributed by atoms with Gasteiger partial charge in [-0.25, -0.2) is 9.37 Å². The van der Waals surface area contributed by atoms with Crippen LogP contribution in [0.1, 0.15) is 0 Å². The van der Waals surface area contributed by atoms with Gasteiger partial charge in [0.15, 0.2) is 0 Å². The third-order valence-electron chi connectivity index (χ3n) is 3.75. The maximum absolute atomic E-state index is 13.0. The molecule has 2 aromatic rings. The van der Waals surface area contributed by atoms with E-state index in [0.717, 1.165) is 11.9 Å². The minimum atomic E-state index is -4.72. The fraction of sp³-hybridized carbons (Fsp3) is 0.312. The number of pyridine rings is 1. The van der Waals surface area contributed by atoms with Crippen LogP contribution in [0.5, 0.6) is 5.75 Å². The number of anilines is 2. The van der Waals surface area contributed by atoms with Crippen molar-refractivity contribution in [3.05, 3.63) is 48.4 Å². The molecule has 4 nitrogen and oxygen atoms in total. The highest BCUT2D eigenvalue weighted by Crippen LogP contribution is 2.24. The van der Waals surface area contributed by atoms with Gasteiger partial charge in [-0.2, -0.15) is 0 Å². The number of halogens is 4. The summed E-state index contributed by atoms with van der Waals surface area (Å²) in [7, 11) is 0. The van der Waals surface area contributed by atoms with Gasteiger partial charge in [-0.3, -0.25) is 0 Å². The summed E-state index contributed by atoms with van der Waals surface area (Å²) < 4.78 is 53.2. The molecule has 1 aliphatic heterocycles. The lowest BCUT2D eigenvalue weighted by molar-refractivity contribution is -0.274. The predicted octanol–water partition coefficient (Wildman–Crippen LogP) is 3.45. The number of ether oxygens (including phenoxy) is 1. The first-order chi connectivity index (χ1) is 11.4. The van der Waals surface area contributed by atoms with Crippen LogP contribution in [0.25, 0.3) is 0 Å². The highest BCUT2D eigenvalue weighted by atomic mass is 19.4. The molecular weight excluding hydrogens is 326 g/mol. The molecule has 0 radical (unpaired) electrons. The summed E-state index contributed by atoms with van der Waals surface area (Å²) in [5, 5.41) is 0. The van der Waals surface area contributed by atoms with Gasteiger partial charge in [0.25, 0.3) is 0 Å². The predicted molar refractivity (Wildman–Crippen MR) is 81.7 cm³/mol. The number of alkyl halides is 3. The van der Waals surface area contributed by atoms with Crippen molar-refractivity contribution in [3.8, 4) is 5.75 Å². The number of nitrogens with zero attached hydrogens (tertiary/aromatic N) is 3. The first-order valence-electron chi connectivity index (χ1n) is 7.38. The Bertz CT molecular complexity index is 665. The maximum Gasteiger partial charge on any atom is 0.573 e. The maximum atomic E-state index is 13.0. The minimum absolute atomic E-state index is 0.275. The lowest BCUT2D eigenvalue weighted by Crippen LogP contribution is -2.46. The Kier molecular flexibility index (Phi) is 4.46. The molecule has 8 heteroatoms. The summed E-state index contributed by atoms with van der Waals surface area (Å²) in [5.74, 6) is -0.0118. The van der Waals surface area contributed by atoms with Crippen LogP contribution in [0, 0.1) is 5.82 Å². The summed E-state index contributed by atoms with van der Waals surface area (Å²) in [6, 6.07) is 9.06. The van der Waals surface area contributed by atoms with Crippen LogP contribution < -0.4 is 14.5 Å². The van der Waals surface area contributed by atoms with Gasteiger partial charge in [0.1, 0.15) is 17.4 Å². The van der Waals surface area contributed by atoms with Gasteiger partial charge < -0.3 is 14.5 Å². The summed E-state index contributed by atoms with van der Waals surface area (Å²) in [6.45, 7) is 2.77. The summed E-state index contributed by atoms with van der Waals surface area (Å²) in [5.41, 5.74) is 0.943. The largest absolute Gasteiger partial charge is 0.573 e. The topological polar surface area (TPSA) is 28.6 Å². The Labute approximate surface area is 136 Å². The number of rotatable bonds is 3. The molecule has 1 aliphatic rings. The highest BCUT2D eigenvalue weighted by Gasteiger charge is 2.31. The first-order valence-corrected chi connectivity index (χ1v) is 7.38. The average molecular weight is 341 g/mol. The van der Waals surface area contributed by atoms with E-state index in [2.05, 4.69) is 14.6 Å². The summed E-state index contributed by atoms with van der Waals surface area (Å²) in [6.07, 6.45) is -3.65. The van der Waals surface area contributed by atoms with Gasteiger partial charge in [0.05, 0.1) is 6.20 Å². The number of aromatic nitrogens is 1. The SMILES string of the molecule is Fc1ccc(N2CCN(c3ccc(OC(F)(F)F)cn3)CC2)cc1. The van der Waals surface area contributed by atoms with E-state index in [9.17, 15) is 17.6 Å². The van der Waals surface area contributed by atoms with E-state index >= 15 is 0 Å². The Morgan fingerprint density at radius 1 is 0.875 bits per heavy atom. The van der Waals surface area contributed by atoms with Gasteiger partial charge in [-0.05, 0) is 36.4 Å². The fourth-order valence-electron chi connectivity index (χ4n) is 2.60. The third kappa shape index (κ3) is 4.06. The van der Waals surface area contributed by atoms with E-state index in [-0.39, 0.29) is 11.6 Å². The molecule has 2 heterocycles. The van der Waals surface area contributed by atoms with Crippen molar-refractivity contribution >= 4 is 11.5 Å². The molecule has 1 aromatic heterocycles. The number of benzene rings is 1. The van der Waals surface area contributed by atoms with Gasteiger partial charge >= 0.3 is 6.36 Å². The van der Waals surface area contributed by atoms with Crippen molar-refractivity contribution in [2.75, 3.05) is 36.0 Å². The van der Waals surface area contributed by atoms with Crippen molar-refractivity contribution in [2.24, 2.45) is 0 Å². The second-order valence-corrected chi connectivity index (χ2v) is 5.35. The lowest BCUT2D eigenvalue weighted by Gasteiger charge is -2.36. The lowest BCUT2D eigenvalue weighted by atomic mass is 10.2. The highest BCUT2D eigenvalue weighted by molar-refractivity contribution is 5.49. The summed E-state index contributed by atoms with van der Waals surface area (Å²) in [4.78, 5) is 8.13. The zero-order valence-electron chi connectivity index (χ0n) is 12.6. The Hall–Kier alpha value is -2.51. The van der Waals surface area contributed by atoms with Crippen molar-refractivity contribution in [1.82, 2.24) is 4.98 Å². The molecule has 0 unspecified atom stereocenters. The molecule has 1 fully saturated rings. The molecule has 3 rings (SSSR count). The van der Waals surface area contributed by atoms with Crippen LogP contribution in [0.2, 0.25) is 0 Å². The van der Waals surface area contributed by atoms with E-state index in [4.69, 9.17) is 0 Å². The van der Waals surface area contributed by atoms with Crippen LogP contribution in [-0.4, -0.2) is 37.5 Å². The van der Waals surface area contributed by atoms with Gasteiger partial charge in [0.2, 0.25) is 0 Å². The molecule has 0 atom stereocenters. The molecule has 24 heavy (non-hydrogen) atoms. The molecule has 0 spiro atoms. The smallest absolute Gasteiger partial charge is 0.404 e. The van der Waals surface area contributed by atoms with Crippen molar-refractivity contribution < 1.29 is 22.3 Å². The standard InChI is InChI=1S/C16H15F4N3O/c17-12-1-3-13(4-2-12)22-7-9-23(10-8-22)15-6-5-14(11-21-15)24-16(18,19)20/h1-6,11H,7-10H2. The molecule has 1 aromatic carbocycles. The van der Waals surface area contributed by atoms with Gasteiger partial charge in [0, 0.05) is 31.9 Å². The first kappa shape index (κ1) is 16.4. The molecular formula is C16H15F4N3O. The zero-order valence-corrected chi connectivity index (χ0v) is 12.6. The molecule has 0 saturated carbocycles. The van der Waals surface area contributed by atoms with E-state index in [1.807, 2.05) is 4.90 Å². The number of piperazine rings is 1. The zero-order chi connectivity index (χ0) is 17.2. The van der Waals surface area contributed by atoms with E-state index < -0.39 is 6.36 Å². The second-order valence-electron chi connectivity index (χ2n) is 5.35. The molecule has 0 aliphatic carbocycles. The molecule has 0 N–H and O–H groups in total. The Balaban J connectivity index is 1.59. The van der Waals surface area contributed by atoms with Crippen molar-refractivity contribution in [2.45, 2.75) is 6.36 Å². The van der Waals surface area contributed by atoms with Crippen LogP contribution in [0.4, 0.5) is 29.1 Å². The van der Waals surface area contributed by atoms with Crippen LogP contribution in [0.15, 0.2) is 42.6 Å². The minimum Gasteiger partial charge on any atom is -0.404 e. The average Bonchev–Trinajstić information content (AvgIpc) is 2.55. The quantitative estimate of drug-likeness (QED) is 0.800. The molecule has 0 bridgehead atoms. The van der Waals surface area contributed by atoms with Crippen LogP contribution >= 0.6 is 0 Å².